The Morgan fingerprint density at radius 1 is 1.60 bits per heavy atom. The standard InChI is InChI=1S/C10H14N2O2S/c11-5-9-6-12(2-3-14-9)10(13)8-1-4-15-7-8/h8-9H,1-4,6-7H2. The Morgan fingerprint density at radius 3 is 3.13 bits per heavy atom. The molecule has 0 N–H and O–H groups in total. The minimum Gasteiger partial charge on any atom is -0.360 e. The summed E-state index contributed by atoms with van der Waals surface area (Å²) in [4.78, 5) is 13.8. The Hall–Kier alpha value is -0.730. The maximum absolute atomic E-state index is 12.0. The summed E-state index contributed by atoms with van der Waals surface area (Å²) in [5.41, 5.74) is 0. The van der Waals surface area contributed by atoms with Gasteiger partial charge in [-0.2, -0.15) is 17.0 Å². The minimum atomic E-state index is -0.434. The predicted octanol–water partition coefficient (Wildman–Crippen LogP) is 0.490. The molecule has 0 aromatic rings. The number of hydrogen-bond acceptors (Lipinski definition) is 4. The summed E-state index contributed by atoms with van der Waals surface area (Å²) < 4.78 is 5.21. The molecule has 2 atom stereocenters. The Morgan fingerprint density at radius 2 is 2.47 bits per heavy atom. The van der Waals surface area contributed by atoms with Crippen LogP contribution in [0.4, 0.5) is 0 Å². The highest BCUT2D eigenvalue weighted by Gasteiger charge is 2.31. The van der Waals surface area contributed by atoms with Gasteiger partial charge in [0.1, 0.15) is 0 Å². The number of thioether (sulfide) groups is 1. The van der Waals surface area contributed by atoms with Crippen molar-refractivity contribution in [3.8, 4) is 6.07 Å². The Bertz CT molecular complexity index is 284. The van der Waals surface area contributed by atoms with Gasteiger partial charge in [-0.1, -0.05) is 0 Å². The van der Waals surface area contributed by atoms with Gasteiger partial charge >= 0.3 is 0 Å². The van der Waals surface area contributed by atoms with E-state index >= 15 is 0 Å². The number of amides is 1. The fraction of sp³-hybridized carbons (Fsp3) is 0.800. The molecule has 15 heavy (non-hydrogen) atoms. The van der Waals surface area contributed by atoms with Crippen molar-refractivity contribution in [3.63, 3.8) is 0 Å². The van der Waals surface area contributed by atoms with Crippen molar-refractivity contribution in [2.45, 2.75) is 12.5 Å². The molecule has 2 heterocycles. The average molecular weight is 226 g/mol. The van der Waals surface area contributed by atoms with Gasteiger partial charge in [-0.25, -0.2) is 0 Å². The molecule has 5 heteroatoms. The molecule has 1 amide bonds. The monoisotopic (exact) mass is 226 g/mol. The van der Waals surface area contributed by atoms with E-state index in [9.17, 15) is 4.79 Å². The van der Waals surface area contributed by atoms with E-state index in [1.807, 2.05) is 11.8 Å². The van der Waals surface area contributed by atoms with Crippen LogP contribution in [-0.2, 0) is 9.53 Å². The second-order valence-electron chi connectivity index (χ2n) is 3.83. The molecular formula is C10H14N2O2S. The topological polar surface area (TPSA) is 53.3 Å². The van der Waals surface area contributed by atoms with E-state index in [0.717, 1.165) is 17.9 Å². The molecule has 0 aromatic carbocycles. The normalized spacial score (nSPS) is 31.3. The van der Waals surface area contributed by atoms with Crippen LogP contribution in [-0.4, -0.2) is 48.1 Å². The van der Waals surface area contributed by atoms with Crippen molar-refractivity contribution in [3.05, 3.63) is 0 Å². The van der Waals surface area contributed by atoms with E-state index in [0.29, 0.717) is 19.7 Å². The SMILES string of the molecule is N#CC1CN(C(=O)C2CCSC2)CCO1. The highest BCUT2D eigenvalue weighted by atomic mass is 32.2. The van der Waals surface area contributed by atoms with Crippen LogP contribution in [0.3, 0.4) is 0 Å². The number of carbonyl (C=O) groups is 1. The average Bonchev–Trinajstić information content (AvgIpc) is 2.81. The Labute approximate surface area is 93.6 Å². The Kier molecular flexibility index (Phi) is 3.49. The molecular weight excluding hydrogens is 212 g/mol. The van der Waals surface area contributed by atoms with Gasteiger partial charge in [-0.15, -0.1) is 0 Å². The van der Waals surface area contributed by atoms with Crippen molar-refractivity contribution in [1.82, 2.24) is 4.90 Å². The zero-order valence-electron chi connectivity index (χ0n) is 8.52. The fourth-order valence-corrected chi connectivity index (χ4v) is 3.13. The molecule has 0 saturated carbocycles. The van der Waals surface area contributed by atoms with Gasteiger partial charge in [0, 0.05) is 18.2 Å². The number of rotatable bonds is 1. The molecule has 2 aliphatic rings. The molecule has 2 saturated heterocycles. The van der Waals surface area contributed by atoms with Crippen molar-refractivity contribution in [2.24, 2.45) is 5.92 Å². The fourth-order valence-electron chi connectivity index (χ4n) is 1.92. The van der Waals surface area contributed by atoms with Crippen molar-refractivity contribution < 1.29 is 9.53 Å². The molecule has 82 valence electrons. The van der Waals surface area contributed by atoms with E-state index in [-0.39, 0.29) is 11.8 Å². The number of nitriles is 1. The summed E-state index contributed by atoms with van der Waals surface area (Å²) in [5.74, 6) is 2.41. The minimum absolute atomic E-state index is 0.174. The molecule has 0 spiro atoms. The number of nitrogens with zero attached hydrogens (tertiary/aromatic N) is 2. The van der Waals surface area contributed by atoms with Crippen LogP contribution in [0, 0.1) is 17.2 Å². The van der Waals surface area contributed by atoms with Crippen molar-refractivity contribution >= 4 is 17.7 Å². The van der Waals surface area contributed by atoms with E-state index in [1.165, 1.54) is 0 Å². The van der Waals surface area contributed by atoms with Gasteiger partial charge < -0.3 is 9.64 Å². The van der Waals surface area contributed by atoms with Crippen LogP contribution < -0.4 is 0 Å². The van der Waals surface area contributed by atoms with E-state index in [1.54, 1.807) is 4.90 Å². The van der Waals surface area contributed by atoms with Gasteiger partial charge in [-0.3, -0.25) is 4.79 Å². The lowest BCUT2D eigenvalue weighted by Gasteiger charge is -2.31. The third-order valence-corrected chi connectivity index (χ3v) is 3.96. The molecule has 4 nitrogen and oxygen atoms in total. The maximum atomic E-state index is 12.0. The van der Waals surface area contributed by atoms with Crippen molar-refractivity contribution in [2.75, 3.05) is 31.2 Å². The molecule has 2 aliphatic heterocycles. The maximum Gasteiger partial charge on any atom is 0.226 e. The lowest BCUT2D eigenvalue weighted by molar-refractivity contribution is -0.140. The number of carbonyl (C=O) groups excluding carboxylic acids is 1. The van der Waals surface area contributed by atoms with Gasteiger partial charge in [-0.05, 0) is 12.2 Å². The van der Waals surface area contributed by atoms with Crippen LogP contribution >= 0.6 is 11.8 Å². The molecule has 2 unspecified atom stereocenters. The second-order valence-corrected chi connectivity index (χ2v) is 4.98. The predicted molar refractivity (Wildman–Crippen MR) is 57.4 cm³/mol. The Balaban J connectivity index is 1.92. The van der Waals surface area contributed by atoms with Gasteiger partial charge in [0.25, 0.3) is 0 Å². The third-order valence-electron chi connectivity index (χ3n) is 2.80. The van der Waals surface area contributed by atoms with Crippen LogP contribution in [0.5, 0.6) is 0 Å². The molecule has 2 rings (SSSR count). The first-order valence-electron chi connectivity index (χ1n) is 5.19. The van der Waals surface area contributed by atoms with Gasteiger partial charge in [0.2, 0.25) is 5.91 Å². The largest absolute Gasteiger partial charge is 0.360 e. The quantitative estimate of drug-likeness (QED) is 0.653. The molecule has 0 aromatic heterocycles. The smallest absolute Gasteiger partial charge is 0.226 e. The van der Waals surface area contributed by atoms with Gasteiger partial charge in [0.15, 0.2) is 6.10 Å². The second kappa shape index (κ2) is 4.86. The number of hydrogen-bond donors (Lipinski definition) is 0. The molecule has 0 aliphatic carbocycles. The highest BCUT2D eigenvalue weighted by Crippen LogP contribution is 2.25. The zero-order chi connectivity index (χ0) is 10.7. The summed E-state index contributed by atoms with van der Waals surface area (Å²) in [7, 11) is 0. The number of morpholine rings is 1. The summed E-state index contributed by atoms with van der Waals surface area (Å²) >= 11 is 1.84. The molecule has 0 bridgehead atoms. The lowest BCUT2D eigenvalue weighted by Crippen LogP contribution is -2.47. The van der Waals surface area contributed by atoms with Crippen LogP contribution in [0.2, 0.25) is 0 Å². The first kappa shape index (κ1) is 10.8. The van der Waals surface area contributed by atoms with Crippen LogP contribution in [0.15, 0.2) is 0 Å². The van der Waals surface area contributed by atoms with E-state index < -0.39 is 6.10 Å². The first-order valence-corrected chi connectivity index (χ1v) is 6.34. The van der Waals surface area contributed by atoms with E-state index in [2.05, 4.69) is 6.07 Å². The van der Waals surface area contributed by atoms with Crippen LogP contribution in [0.25, 0.3) is 0 Å². The zero-order valence-corrected chi connectivity index (χ0v) is 9.33. The first-order chi connectivity index (χ1) is 7.31. The van der Waals surface area contributed by atoms with E-state index in [4.69, 9.17) is 10.00 Å². The van der Waals surface area contributed by atoms with Gasteiger partial charge in [0.05, 0.1) is 19.2 Å². The summed E-state index contributed by atoms with van der Waals surface area (Å²) in [5, 5.41) is 8.74. The molecule has 2 fully saturated rings. The third kappa shape index (κ3) is 2.44. The number of ether oxygens (including phenoxy) is 1. The lowest BCUT2D eigenvalue weighted by atomic mass is 10.1. The van der Waals surface area contributed by atoms with Crippen LogP contribution in [0.1, 0.15) is 6.42 Å². The molecule has 0 radical (unpaired) electrons. The highest BCUT2D eigenvalue weighted by molar-refractivity contribution is 7.99. The summed E-state index contributed by atoms with van der Waals surface area (Å²) in [6.07, 6.45) is 0.551. The summed E-state index contributed by atoms with van der Waals surface area (Å²) in [6.45, 7) is 1.57. The summed E-state index contributed by atoms with van der Waals surface area (Å²) in [6, 6.07) is 2.06. The van der Waals surface area contributed by atoms with Crippen molar-refractivity contribution in [1.29, 1.82) is 5.26 Å².